The third-order valence-electron chi connectivity index (χ3n) is 4.86. The summed E-state index contributed by atoms with van der Waals surface area (Å²) in [7, 11) is 0. The van der Waals surface area contributed by atoms with Gasteiger partial charge in [-0.2, -0.15) is 0 Å². The van der Waals surface area contributed by atoms with Gasteiger partial charge in [0.1, 0.15) is 11.9 Å². The monoisotopic (exact) mass is 468 g/mol. The van der Waals surface area contributed by atoms with Crippen molar-refractivity contribution in [1.29, 1.82) is 0 Å². The zero-order valence-electron chi connectivity index (χ0n) is 17.6. The van der Waals surface area contributed by atoms with Crippen molar-refractivity contribution < 1.29 is 19.1 Å². The van der Waals surface area contributed by atoms with Gasteiger partial charge in [-0.05, 0) is 43.7 Å². The lowest BCUT2D eigenvalue weighted by Gasteiger charge is -2.27. The molecule has 0 fully saturated rings. The Bertz CT molecular complexity index is 893. The summed E-state index contributed by atoms with van der Waals surface area (Å²) in [6.45, 7) is 5.58. The van der Waals surface area contributed by atoms with Crippen LogP contribution in [-0.2, 0) is 16.1 Å². The van der Waals surface area contributed by atoms with Crippen LogP contribution in [0.3, 0.4) is 0 Å². The first kappa shape index (κ1) is 24.0. The van der Waals surface area contributed by atoms with Crippen molar-refractivity contribution in [2.45, 2.75) is 45.1 Å². The lowest BCUT2D eigenvalue weighted by Crippen LogP contribution is -2.39. The largest absolute Gasteiger partial charge is 0.390 e. The van der Waals surface area contributed by atoms with Crippen LogP contribution in [0.15, 0.2) is 47.6 Å². The zero-order chi connectivity index (χ0) is 22.4. The van der Waals surface area contributed by atoms with Crippen LogP contribution in [-0.4, -0.2) is 53.7 Å². The SMILES string of the molecule is CC(C)OC[C@H](O)CN(Cc1ccc(F)cc1)C[C@@H]1CC(c2ccc(Cl)c(Cl)c2)=NO1. The molecule has 1 aliphatic heterocycles. The molecule has 1 N–H and O–H groups in total. The number of aliphatic hydroxyl groups is 1. The fourth-order valence-corrected chi connectivity index (χ4v) is 3.66. The maximum absolute atomic E-state index is 13.3. The van der Waals surface area contributed by atoms with Crippen LogP contribution in [0.4, 0.5) is 4.39 Å². The highest BCUT2D eigenvalue weighted by Gasteiger charge is 2.26. The van der Waals surface area contributed by atoms with E-state index in [0.29, 0.717) is 36.1 Å². The third kappa shape index (κ3) is 7.44. The zero-order valence-corrected chi connectivity index (χ0v) is 19.1. The van der Waals surface area contributed by atoms with Crippen LogP contribution in [0.2, 0.25) is 10.0 Å². The second-order valence-corrected chi connectivity index (χ2v) is 8.77. The molecule has 5 nitrogen and oxygen atoms in total. The predicted octanol–water partition coefficient (Wildman–Crippen LogP) is 4.91. The van der Waals surface area contributed by atoms with E-state index in [2.05, 4.69) is 10.1 Å². The van der Waals surface area contributed by atoms with E-state index >= 15 is 0 Å². The van der Waals surface area contributed by atoms with Gasteiger partial charge in [0, 0.05) is 31.6 Å². The molecule has 0 saturated carbocycles. The molecule has 8 heteroatoms. The molecule has 2 atom stereocenters. The minimum atomic E-state index is -0.653. The molecule has 168 valence electrons. The molecule has 0 aliphatic carbocycles. The van der Waals surface area contributed by atoms with Gasteiger partial charge in [0.05, 0.1) is 34.6 Å². The number of oxime groups is 1. The molecule has 0 saturated heterocycles. The number of benzene rings is 2. The number of aliphatic hydroxyl groups excluding tert-OH is 1. The Labute approximate surface area is 192 Å². The highest BCUT2D eigenvalue weighted by atomic mass is 35.5. The highest BCUT2D eigenvalue weighted by molar-refractivity contribution is 6.42. The maximum atomic E-state index is 13.3. The van der Waals surface area contributed by atoms with Crippen LogP contribution in [0.1, 0.15) is 31.4 Å². The molecule has 0 spiro atoms. The summed E-state index contributed by atoms with van der Waals surface area (Å²) < 4.78 is 18.8. The van der Waals surface area contributed by atoms with Gasteiger partial charge in [0.2, 0.25) is 0 Å². The molecule has 3 rings (SSSR count). The van der Waals surface area contributed by atoms with E-state index in [-0.39, 0.29) is 24.6 Å². The Hall–Kier alpha value is -1.70. The molecular formula is C23H27Cl2FN2O3. The summed E-state index contributed by atoms with van der Waals surface area (Å²) in [5.41, 5.74) is 2.61. The second-order valence-electron chi connectivity index (χ2n) is 7.95. The van der Waals surface area contributed by atoms with Crippen LogP contribution >= 0.6 is 23.2 Å². The van der Waals surface area contributed by atoms with Gasteiger partial charge < -0.3 is 14.7 Å². The lowest BCUT2D eigenvalue weighted by molar-refractivity contribution is -0.0194. The van der Waals surface area contributed by atoms with Gasteiger partial charge in [0.25, 0.3) is 0 Å². The van der Waals surface area contributed by atoms with Crippen molar-refractivity contribution in [3.05, 3.63) is 69.5 Å². The van der Waals surface area contributed by atoms with Crippen molar-refractivity contribution in [3.63, 3.8) is 0 Å². The van der Waals surface area contributed by atoms with Crippen molar-refractivity contribution in [3.8, 4) is 0 Å². The smallest absolute Gasteiger partial charge is 0.145 e. The van der Waals surface area contributed by atoms with E-state index in [4.69, 9.17) is 32.8 Å². The lowest BCUT2D eigenvalue weighted by atomic mass is 10.0. The topological polar surface area (TPSA) is 54.3 Å². The van der Waals surface area contributed by atoms with E-state index in [1.54, 1.807) is 24.3 Å². The third-order valence-corrected chi connectivity index (χ3v) is 5.60. The average molecular weight is 469 g/mol. The quantitative estimate of drug-likeness (QED) is 0.537. The molecule has 0 radical (unpaired) electrons. The molecule has 0 aromatic heterocycles. The minimum Gasteiger partial charge on any atom is -0.390 e. The summed E-state index contributed by atoms with van der Waals surface area (Å²) in [6.07, 6.45) is -0.181. The summed E-state index contributed by atoms with van der Waals surface area (Å²) in [5, 5.41) is 15.6. The molecule has 2 aromatic rings. The molecule has 2 aromatic carbocycles. The molecule has 1 aliphatic rings. The molecule has 0 amide bonds. The summed E-state index contributed by atoms with van der Waals surface area (Å²) >= 11 is 12.1. The first-order valence-corrected chi connectivity index (χ1v) is 11.0. The Morgan fingerprint density at radius 2 is 1.94 bits per heavy atom. The first-order valence-electron chi connectivity index (χ1n) is 10.2. The van der Waals surface area contributed by atoms with E-state index < -0.39 is 6.10 Å². The Morgan fingerprint density at radius 3 is 2.61 bits per heavy atom. The van der Waals surface area contributed by atoms with Crippen molar-refractivity contribution >= 4 is 28.9 Å². The summed E-state index contributed by atoms with van der Waals surface area (Å²) in [6, 6.07) is 11.7. The minimum absolute atomic E-state index is 0.0422. The normalized spacial score (nSPS) is 17.2. The van der Waals surface area contributed by atoms with Crippen molar-refractivity contribution in [2.24, 2.45) is 5.16 Å². The van der Waals surface area contributed by atoms with Gasteiger partial charge >= 0.3 is 0 Å². The Kier molecular flexibility index (Phi) is 8.69. The van der Waals surface area contributed by atoms with E-state index in [1.807, 2.05) is 19.9 Å². The number of halogens is 3. The fraction of sp³-hybridized carbons (Fsp3) is 0.435. The number of hydrogen-bond donors (Lipinski definition) is 1. The fourth-order valence-electron chi connectivity index (χ4n) is 3.37. The Balaban J connectivity index is 1.63. The molecule has 31 heavy (non-hydrogen) atoms. The van der Waals surface area contributed by atoms with Crippen LogP contribution in [0, 0.1) is 5.82 Å². The van der Waals surface area contributed by atoms with Gasteiger partial charge in [-0.3, -0.25) is 4.90 Å². The van der Waals surface area contributed by atoms with E-state index in [9.17, 15) is 9.50 Å². The summed E-state index contributed by atoms with van der Waals surface area (Å²) in [4.78, 5) is 7.72. The summed E-state index contributed by atoms with van der Waals surface area (Å²) in [5.74, 6) is -0.278. The van der Waals surface area contributed by atoms with Crippen LogP contribution in [0.25, 0.3) is 0 Å². The van der Waals surface area contributed by atoms with Crippen LogP contribution in [0.5, 0.6) is 0 Å². The Morgan fingerprint density at radius 1 is 1.19 bits per heavy atom. The van der Waals surface area contributed by atoms with Crippen LogP contribution < -0.4 is 0 Å². The average Bonchev–Trinajstić information content (AvgIpc) is 3.18. The molecular weight excluding hydrogens is 442 g/mol. The number of hydrogen-bond acceptors (Lipinski definition) is 5. The van der Waals surface area contributed by atoms with Gasteiger partial charge in [-0.15, -0.1) is 0 Å². The first-order chi connectivity index (χ1) is 14.8. The van der Waals surface area contributed by atoms with Crippen molar-refractivity contribution in [2.75, 3.05) is 19.7 Å². The predicted molar refractivity (Wildman–Crippen MR) is 121 cm³/mol. The van der Waals surface area contributed by atoms with E-state index in [0.717, 1.165) is 16.8 Å². The number of rotatable bonds is 10. The van der Waals surface area contributed by atoms with Gasteiger partial charge in [-0.25, -0.2) is 4.39 Å². The molecule has 1 heterocycles. The highest BCUT2D eigenvalue weighted by Crippen LogP contribution is 2.26. The van der Waals surface area contributed by atoms with Gasteiger partial charge in [0.15, 0.2) is 0 Å². The standard InChI is InChI=1S/C23H27Cl2FN2O3/c1-15(2)30-14-19(29)12-28(11-16-3-6-18(26)7-4-16)13-20-10-23(27-31-20)17-5-8-21(24)22(25)9-17/h3-9,15,19-20,29H,10-14H2,1-2H3/t19-,20+/m1/s1. The van der Waals surface area contributed by atoms with E-state index in [1.165, 1.54) is 12.1 Å². The number of ether oxygens (including phenoxy) is 1. The molecule has 0 unspecified atom stereocenters. The maximum Gasteiger partial charge on any atom is 0.145 e. The second kappa shape index (κ2) is 11.2. The van der Waals surface area contributed by atoms with Gasteiger partial charge in [-0.1, -0.05) is 46.6 Å². The van der Waals surface area contributed by atoms with Crippen molar-refractivity contribution in [1.82, 2.24) is 4.90 Å². The number of nitrogens with zero attached hydrogens (tertiary/aromatic N) is 2. The molecule has 0 bridgehead atoms.